The minimum atomic E-state index is -0.568. The number of hydrogen-bond acceptors (Lipinski definition) is 2. The van der Waals surface area contributed by atoms with Crippen molar-refractivity contribution in [2.24, 2.45) is 56.7 Å². The first-order chi connectivity index (χ1) is 15.3. The van der Waals surface area contributed by atoms with Gasteiger partial charge in [-0.25, -0.2) is 0 Å². The fourth-order valence-electron chi connectivity index (χ4n) is 11.1. The van der Waals surface area contributed by atoms with Crippen molar-refractivity contribution in [2.45, 2.75) is 92.9 Å². The molecule has 9 unspecified atom stereocenters. The summed E-state index contributed by atoms with van der Waals surface area (Å²) in [5.41, 5.74) is 1.86. The summed E-state index contributed by atoms with van der Waals surface area (Å²) in [6, 6.07) is 0. The molecule has 0 aromatic carbocycles. The summed E-state index contributed by atoms with van der Waals surface area (Å²) in [6.45, 7) is 18.5. The van der Waals surface area contributed by atoms with Crippen LogP contribution in [0, 0.1) is 56.7 Å². The molecule has 182 valence electrons. The van der Waals surface area contributed by atoms with Gasteiger partial charge in [-0.3, -0.25) is 9.59 Å². The predicted molar refractivity (Wildman–Crippen MR) is 132 cm³/mol. The van der Waals surface area contributed by atoms with Crippen LogP contribution in [0.4, 0.5) is 0 Å². The zero-order valence-electron chi connectivity index (χ0n) is 21.7. The largest absolute Gasteiger partial charge is 0.481 e. The van der Waals surface area contributed by atoms with Crippen molar-refractivity contribution in [3.05, 3.63) is 23.8 Å². The first-order valence-electron chi connectivity index (χ1n) is 13.4. The van der Waals surface area contributed by atoms with Crippen LogP contribution < -0.4 is 0 Å². The minimum absolute atomic E-state index is 0.0611. The van der Waals surface area contributed by atoms with Gasteiger partial charge in [0, 0.05) is 5.41 Å². The van der Waals surface area contributed by atoms with Crippen molar-refractivity contribution in [3.63, 3.8) is 0 Å². The molecular formula is C30H44O3. The molecule has 0 spiro atoms. The van der Waals surface area contributed by atoms with Crippen molar-refractivity contribution in [1.82, 2.24) is 0 Å². The molecule has 0 saturated heterocycles. The number of hydrogen-bond donors (Lipinski definition) is 1. The maximum atomic E-state index is 12.7. The van der Waals surface area contributed by atoms with Crippen LogP contribution in [0.3, 0.4) is 0 Å². The number of fused-ring (bicyclic) bond motifs is 7. The Labute approximate surface area is 200 Å². The Kier molecular flexibility index (Phi) is 4.85. The summed E-state index contributed by atoms with van der Waals surface area (Å²) in [6.07, 6.45) is 11.6. The van der Waals surface area contributed by atoms with Crippen LogP contribution in [0.2, 0.25) is 0 Å². The van der Waals surface area contributed by atoms with Crippen LogP contribution >= 0.6 is 0 Å². The highest BCUT2D eigenvalue weighted by Gasteiger charge is 2.72. The third-order valence-electron chi connectivity index (χ3n) is 12.8. The molecular weight excluding hydrogens is 408 g/mol. The zero-order chi connectivity index (χ0) is 24.2. The highest BCUT2D eigenvalue weighted by atomic mass is 16.4. The molecule has 5 aliphatic carbocycles. The molecule has 4 fully saturated rings. The van der Waals surface area contributed by atoms with Gasteiger partial charge in [0.1, 0.15) is 6.29 Å². The van der Waals surface area contributed by atoms with Crippen molar-refractivity contribution in [3.8, 4) is 0 Å². The molecule has 4 saturated carbocycles. The highest BCUT2D eigenvalue weighted by molar-refractivity contribution is 5.78. The lowest BCUT2D eigenvalue weighted by Gasteiger charge is -2.70. The lowest BCUT2D eigenvalue weighted by atomic mass is 9.34. The first-order valence-corrected chi connectivity index (χ1v) is 13.4. The van der Waals surface area contributed by atoms with Crippen LogP contribution in [0.25, 0.3) is 0 Å². The van der Waals surface area contributed by atoms with E-state index in [0.717, 1.165) is 56.8 Å². The number of carbonyl (C=O) groups excluding carboxylic acids is 1. The Hall–Kier alpha value is -1.38. The van der Waals surface area contributed by atoms with E-state index in [4.69, 9.17) is 0 Å². The average molecular weight is 453 g/mol. The van der Waals surface area contributed by atoms with Crippen molar-refractivity contribution in [1.29, 1.82) is 0 Å². The molecule has 0 heterocycles. The van der Waals surface area contributed by atoms with Gasteiger partial charge in [-0.1, -0.05) is 52.8 Å². The Balaban J connectivity index is 1.61. The van der Waals surface area contributed by atoms with Gasteiger partial charge in [0.05, 0.1) is 5.41 Å². The molecule has 0 aromatic heterocycles. The van der Waals surface area contributed by atoms with Gasteiger partial charge in [-0.05, 0) is 110 Å². The maximum absolute atomic E-state index is 12.7. The van der Waals surface area contributed by atoms with E-state index in [1.165, 1.54) is 12.0 Å². The summed E-state index contributed by atoms with van der Waals surface area (Å²) in [5.74, 6) is 1.38. The van der Waals surface area contributed by atoms with Crippen LogP contribution in [0.5, 0.6) is 0 Å². The molecule has 0 radical (unpaired) electrons. The van der Waals surface area contributed by atoms with Crippen LogP contribution in [-0.4, -0.2) is 17.4 Å². The second-order valence-corrected chi connectivity index (χ2v) is 14.0. The number of aliphatic carboxylic acids is 1. The third kappa shape index (κ3) is 2.58. The van der Waals surface area contributed by atoms with Crippen molar-refractivity contribution >= 4 is 12.3 Å². The summed E-state index contributed by atoms with van der Waals surface area (Å²) >= 11 is 0. The number of rotatable bonds is 3. The number of aldehydes is 1. The van der Waals surface area contributed by atoms with Crippen LogP contribution in [0.15, 0.2) is 23.8 Å². The number of carboxylic acids is 1. The Morgan fingerprint density at radius 1 is 0.970 bits per heavy atom. The van der Waals surface area contributed by atoms with E-state index in [-0.39, 0.29) is 27.6 Å². The second-order valence-electron chi connectivity index (χ2n) is 14.0. The number of carboxylic acid groups (broad SMARTS) is 1. The van der Waals surface area contributed by atoms with E-state index in [0.29, 0.717) is 23.7 Å². The summed E-state index contributed by atoms with van der Waals surface area (Å²) in [4.78, 5) is 25.1. The van der Waals surface area contributed by atoms with Crippen LogP contribution in [0.1, 0.15) is 92.9 Å². The Morgan fingerprint density at radius 2 is 1.67 bits per heavy atom. The van der Waals surface area contributed by atoms with Crippen molar-refractivity contribution in [2.75, 3.05) is 0 Å². The fraction of sp³-hybridized carbons (Fsp3) is 0.800. The van der Waals surface area contributed by atoms with Gasteiger partial charge in [-0.15, -0.1) is 0 Å². The number of carbonyl (C=O) groups is 2. The molecule has 0 bridgehead atoms. The van der Waals surface area contributed by atoms with Gasteiger partial charge in [-0.2, -0.15) is 0 Å². The standard InChI is InChI=1S/C30H44O3/c1-18(2)20-10-13-30(25(32)33)15-14-27(5)21(24(20)30)8-9-23-28(27,6)12-11-22-26(3,4)16-19(17-31)29(22,23)7/h16-17,20-24H,1,8-15H2,2-7H3,(H,32,33). The molecule has 5 aliphatic rings. The fourth-order valence-corrected chi connectivity index (χ4v) is 11.1. The predicted octanol–water partition coefficient (Wildman–Crippen LogP) is 7.07. The normalized spacial score (nSPS) is 52.1. The topological polar surface area (TPSA) is 54.4 Å². The smallest absolute Gasteiger partial charge is 0.309 e. The van der Waals surface area contributed by atoms with E-state index in [1.807, 2.05) is 0 Å². The van der Waals surface area contributed by atoms with Gasteiger partial charge >= 0.3 is 5.97 Å². The first kappa shape index (κ1) is 23.4. The molecule has 3 heteroatoms. The number of allylic oxidation sites excluding steroid dienone is 3. The van der Waals surface area contributed by atoms with E-state index in [2.05, 4.69) is 54.2 Å². The summed E-state index contributed by atoms with van der Waals surface area (Å²) < 4.78 is 0. The van der Waals surface area contributed by atoms with E-state index in [9.17, 15) is 14.7 Å². The lowest BCUT2D eigenvalue weighted by Crippen LogP contribution is -2.65. The van der Waals surface area contributed by atoms with Gasteiger partial charge < -0.3 is 5.11 Å². The van der Waals surface area contributed by atoms with Gasteiger partial charge in [0.25, 0.3) is 0 Å². The Morgan fingerprint density at radius 3 is 2.27 bits per heavy atom. The van der Waals surface area contributed by atoms with Gasteiger partial charge in [0.2, 0.25) is 0 Å². The zero-order valence-corrected chi connectivity index (χ0v) is 21.7. The van der Waals surface area contributed by atoms with E-state index < -0.39 is 11.4 Å². The molecule has 3 nitrogen and oxygen atoms in total. The third-order valence-corrected chi connectivity index (χ3v) is 12.8. The van der Waals surface area contributed by atoms with E-state index in [1.54, 1.807) is 0 Å². The second kappa shape index (κ2) is 6.85. The monoisotopic (exact) mass is 452 g/mol. The van der Waals surface area contributed by atoms with Gasteiger partial charge in [0.15, 0.2) is 0 Å². The van der Waals surface area contributed by atoms with Crippen LogP contribution in [-0.2, 0) is 9.59 Å². The average Bonchev–Trinajstić information content (AvgIpc) is 3.22. The quantitative estimate of drug-likeness (QED) is 0.368. The highest BCUT2D eigenvalue weighted by Crippen LogP contribution is 2.78. The maximum Gasteiger partial charge on any atom is 0.309 e. The molecule has 33 heavy (non-hydrogen) atoms. The minimum Gasteiger partial charge on any atom is -0.481 e. The summed E-state index contributed by atoms with van der Waals surface area (Å²) in [7, 11) is 0. The van der Waals surface area contributed by atoms with Crippen molar-refractivity contribution < 1.29 is 14.7 Å². The lowest BCUT2D eigenvalue weighted by molar-refractivity contribution is -0.217. The molecule has 0 amide bonds. The molecule has 0 aliphatic heterocycles. The molecule has 0 aromatic rings. The molecule has 9 atom stereocenters. The molecule has 1 N–H and O–H groups in total. The molecule has 5 rings (SSSR count). The summed E-state index contributed by atoms with van der Waals surface area (Å²) in [5, 5.41) is 10.5. The van der Waals surface area contributed by atoms with E-state index >= 15 is 0 Å². The SMILES string of the molecule is C=C(C)C1CCC2(C(=O)O)CCC3(C)C(CCC4C5(C)C(C=O)=CC(C)(C)C5CCC43C)C12. The Bertz CT molecular complexity index is 944.